The van der Waals surface area contributed by atoms with Crippen LogP contribution in [0.2, 0.25) is 0 Å². The van der Waals surface area contributed by atoms with Gasteiger partial charge in [-0.2, -0.15) is 0 Å². The Labute approximate surface area is 138 Å². The number of imide groups is 1. The fraction of sp³-hybridized carbons (Fsp3) is 0.438. The molecule has 24 heavy (non-hydrogen) atoms. The summed E-state index contributed by atoms with van der Waals surface area (Å²) in [5.41, 5.74) is 0.394. The van der Waals surface area contributed by atoms with Gasteiger partial charge in [0.25, 0.3) is 5.91 Å². The van der Waals surface area contributed by atoms with E-state index in [2.05, 4.69) is 10.3 Å². The predicted octanol–water partition coefficient (Wildman–Crippen LogP) is 0.0547. The third-order valence-corrected chi connectivity index (χ3v) is 4.29. The summed E-state index contributed by atoms with van der Waals surface area (Å²) in [4.78, 5) is 54.5. The highest BCUT2D eigenvalue weighted by Gasteiger charge is 2.34. The van der Waals surface area contributed by atoms with Crippen LogP contribution in [-0.4, -0.2) is 64.6 Å². The highest BCUT2D eigenvalue weighted by molar-refractivity contribution is 6.04. The molecule has 4 amide bonds. The van der Waals surface area contributed by atoms with Crippen LogP contribution >= 0.6 is 0 Å². The van der Waals surface area contributed by atoms with Crippen LogP contribution in [0.15, 0.2) is 24.4 Å². The number of piperidine rings is 1. The lowest BCUT2D eigenvalue weighted by Crippen LogP contribution is -2.48. The molecule has 126 valence electrons. The summed E-state index contributed by atoms with van der Waals surface area (Å²) in [6.45, 7) is 0.453. The maximum atomic E-state index is 12.5. The highest BCUT2D eigenvalue weighted by atomic mass is 16.2. The number of hydrogen-bond donors (Lipinski definition) is 1. The summed E-state index contributed by atoms with van der Waals surface area (Å²) in [5, 5.41) is 2.38. The molecule has 1 atom stereocenters. The van der Waals surface area contributed by atoms with Gasteiger partial charge in [0.1, 0.15) is 12.2 Å². The van der Waals surface area contributed by atoms with Crippen LogP contribution in [0.5, 0.6) is 0 Å². The minimum Gasteiger partial charge on any atom is -0.340 e. The van der Waals surface area contributed by atoms with E-state index in [4.69, 9.17) is 0 Å². The second-order valence-corrected chi connectivity index (χ2v) is 5.90. The Balaban J connectivity index is 1.63. The molecule has 2 aliphatic heterocycles. The van der Waals surface area contributed by atoms with Gasteiger partial charge in [0.2, 0.25) is 5.91 Å². The first-order valence-corrected chi connectivity index (χ1v) is 7.87. The molecule has 1 aromatic heterocycles. The van der Waals surface area contributed by atoms with Crippen LogP contribution in [0.4, 0.5) is 4.79 Å². The summed E-state index contributed by atoms with van der Waals surface area (Å²) in [6, 6.07) is 4.61. The van der Waals surface area contributed by atoms with Gasteiger partial charge in [-0.3, -0.25) is 24.3 Å². The van der Waals surface area contributed by atoms with E-state index in [-0.39, 0.29) is 37.2 Å². The zero-order chi connectivity index (χ0) is 17.1. The molecule has 3 rings (SSSR count). The lowest BCUT2D eigenvalue weighted by Gasteiger charge is -2.32. The van der Waals surface area contributed by atoms with Gasteiger partial charge in [-0.05, 0) is 25.0 Å². The van der Waals surface area contributed by atoms with E-state index >= 15 is 0 Å². The fourth-order valence-electron chi connectivity index (χ4n) is 2.99. The van der Waals surface area contributed by atoms with E-state index in [0.717, 1.165) is 4.90 Å². The molecule has 0 radical (unpaired) electrons. The number of rotatable bonds is 4. The molecule has 8 nitrogen and oxygen atoms in total. The van der Waals surface area contributed by atoms with Crippen LogP contribution in [0.1, 0.15) is 23.3 Å². The summed E-state index contributed by atoms with van der Waals surface area (Å²) in [6.07, 6.45) is 2.97. The number of carbonyl (C=O) groups excluding carboxylic acids is 4. The molecule has 2 saturated heterocycles. The van der Waals surface area contributed by atoms with Crippen LogP contribution in [0.3, 0.4) is 0 Å². The normalized spacial score (nSPS) is 20.9. The number of carbonyl (C=O) groups is 4. The maximum absolute atomic E-state index is 12.5. The Morgan fingerprint density at radius 3 is 2.79 bits per heavy atom. The Hall–Kier alpha value is -2.77. The standard InChI is InChI=1S/C16H18N4O4/c21-13-8-18-16(24)20(13)10-14(22)19-7-3-4-11(9-19)15(23)12-5-1-2-6-17-12/h1-2,5-6,11H,3-4,7-10H2,(H,18,24)/t11-/m0/s1. The number of nitrogens with one attached hydrogen (secondary N) is 1. The maximum Gasteiger partial charge on any atom is 0.325 e. The number of amides is 4. The first-order chi connectivity index (χ1) is 11.6. The van der Waals surface area contributed by atoms with Crippen LogP contribution < -0.4 is 5.32 Å². The molecule has 0 spiro atoms. The van der Waals surface area contributed by atoms with Gasteiger partial charge in [-0.25, -0.2) is 4.79 Å². The molecule has 2 fully saturated rings. The number of hydrogen-bond acceptors (Lipinski definition) is 5. The van der Waals surface area contributed by atoms with Crippen molar-refractivity contribution >= 4 is 23.6 Å². The zero-order valence-corrected chi connectivity index (χ0v) is 13.1. The van der Waals surface area contributed by atoms with Crippen LogP contribution in [0.25, 0.3) is 0 Å². The molecular weight excluding hydrogens is 312 g/mol. The molecule has 0 aromatic carbocycles. The predicted molar refractivity (Wildman–Crippen MR) is 83.0 cm³/mol. The number of pyridine rings is 1. The average molecular weight is 330 g/mol. The lowest BCUT2D eigenvalue weighted by atomic mass is 9.92. The summed E-state index contributed by atoms with van der Waals surface area (Å²) in [7, 11) is 0. The second kappa shape index (κ2) is 6.77. The molecular formula is C16H18N4O4. The fourth-order valence-corrected chi connectivity index (χ4v) is 2.99. The molecule has 3 heterocycles. The highest BCUT2D eigenvalue weighted by Crippen LogP contribution is 2.20. The van der Waals surface area contributed by atoms with Crippen molar-refractivity contribution < 1.29 is 19.2 Å². The van der Waals surface area contributed by atoms with Gasteiger partial charge in [0.05, 0.1) is 6.54 Å². The molecule has 8 heteroatoms. The Morgan fingerprint density at radius 1 is 1.29 bits per heavy atom. The molecule has 1 aromatic rings. The molecule has 1 N–H and O–H groups in total. The first-order valence-electron chi connectivity index (χ1n) is 7.87. The van der Waals surface area contributed by atoms with Crippen molar-refractivity contribution in [2.45, 2.75) is 12.8 Å². The van der Waals surface area contributed by atoms with E-state index < -0.39 is 11.9 Å². The minimum absolute atomic E-state index is 0.0765. The average Bonchev–Trinajstić information content (AvgIpc) is 2.94. The SMILES string of the molecule is O=C(c1ccccn1)[C@H]1CCCN(C(=O)CN2C(=O)CNC2=O)C1. The number of likely N-dealkylation sites (tertiary alicyclic amines) is 1. The Bertz CT molecular complexity index is 660. The van der Waals surface area contributed by atoms with E-state index in [9.17, 15) is 19.2 Å². The van der Waals surface area contributed by atoms with Crippen molar-refractivity contribution in [2.24, 2.45) is 5.92 Å². The van der Waals surface area contributed by atoms with Crippen molar-refractivity contribution in [2.75, 3.05) is 26.2 Å². The van der Waals surface area contributed by atoms with Crippen LogP contribution in [-0.2, 0) is 9.59 Å². The molecule has 0 bridgehead atoms. The smallest absolute Gasteiger partial charge is 0.325 e. The largest absolute Gasteiger partial charge is 0.340 e. The van der Waals surface area contributed by atoms with E-state index in [1.807, 2.05) is 0 Å². The molecule has 0 unspecified atom stereocenters. The molecule has 2 aliphatic rings. The van der Waals surface area contributed by atoms with Gasteiger partial charge in [0.15, 0.2) is 5.78 Å². The number of ketones is 1. The monoisotopic (exact) mass is 330 g/mol. The number of aromatic nitrogens is 1. The van der Waals surface area contributed by atoms with Crippen molar-refractivity contribution in [3.63, 3.8) is 0 Å². The summed E-state index contributed by atoms with van der Waals surface area (Å²) < 4.78 is 0. The van der Waals surface area contributed by atoms with Crippen molar-refractivity contribution in [3.05, 3.63) is 30.1 Å². The third kappa shape index (κ3) is 3.27. The van der Waals surface area contributed by atoms with Gasteiger partial charge in [-0.1, -0.05) is 6.07 Å². The van der Waals surface area contributed by atoms with Gasteiger partial charge >= 0.3 is 6.03 Å². The van der Waals surface area contributed by atoms with Gasteiger partial charge < -0.3 is 10.2 Å². The molecule has 0 saturated carbocycles. The van der Waals surface area contributed by atoms with Gasteiger partial charge in [0, 0.05) is 25.2 Å². The van der Waals surface area contributed by atoms with Crippen molar-refractivity contribution in [3.8, 4) is 0 Å². The van der Waals surface area contributed by atoms with Crippen molar-refractivity contribution in [1.82, 2.24) is 20.1 Å². The zero-order valence-electron chi connectivity index (χ0n) is 13.1. The van der Waals surface area contributed by atoms with E-state index in [1.54, 1.807) is 29.3 Å². The van der Waals surface area contributed by atoms with Crippen LogP contribution in [0, 0.1) is 5.92 Å². The second-order valence-electron chi connectivity index (χ2n) is 5.90. The Morgan fingerprint density at radius 2 is 2.12 bits per heavy atom. The van der Waals surface area contributed by atoms with E-state index in [0.29, 0.717) is 25.1 Å². The number of Topliss-reactive ketones (excluding diaryl/α,β-unsaturated/α-hetero) is 1. The number of nitrogens with zero attached hydrogens (tertiary/aromatic N) is 3. The van der Waals surface area contributed by atoms with Crippen molar-refractivity contribution in [1.29, 1.82) is 0 Å². The topological polar surface area (TPSA) is 99.7 Å². The Kier molecular flexibility index (Phi) is 4.54. The first kappa shape index (κ1) is 16.1. The summed E-state index contributed by atoms with van der Waals surface area (Å²) in [5.74, 6) is -1.12. The third-order valence-electron chi connectivity index (χ3n) is 4.29. The quantitative estimate of drug-likeness (QED) is 0.621. The minimum atomic E-state index is -0.550. The van der Waals surface area contributed by atoms with E-state index in [1.165, 1.54) is 0 Å². The lowest BCUT2D eigenvalue weighted by molar-refractivity contribution is -0.137. The number of urea groups is 1. The summed E-state index contributed by atoms with van der Waals surface area (Å²) >= 11 is 0. The van der Waals surface area contributed by atoms with Gasteiger partial charge in [-0.15, -0.1) is 0 Å². The molecule has 0 aliphatic carbocycles.